The van der Waals surface area contributed by atoms with Gasteiger partial charge >= 0.3 is 0 Å². The van der Waals surface area contributed by atoms with E-state index in [1.807, 2.05) is 0 Å². The van der Waals surface area contributed by atoms with Crippen LogP contribution in [0.15, 0.2) is 42.5 Å². The predicted molar refractivity (Wildman–Crippen MR) is 99.4 cm³/mol. The number of anilines is 1. The Morgan fingerprint density at radius 3 is 2.62 bits per heavy atom. The molecule has 1 heterocycles. The number of amides is 1. The molecule has 0 bridgehead atoms. The molecule has 0 aromatic heterocycles. The van der Waals surface area contributed by atoms with Gasteiger partial charge in [-0.15, -0.1) is 0 Å². The highest BCUT2D eigenvalue weighted by atomic mass is 32.2. The summed E-state index contributed by atoms with van der Waals surface area (Å²) in [5.74, 6) is -0.485. The smallest absolute Gasteiger partial charge is 0.251 e. The molecule has 0 fully saturated rings. The van der Waals surface area contributed by atoms with E-state index in [2.05, 4.69) is 5.32 Å². The molecule has 7 heteroatoms. The number of hydrogen-bond donors (Lipinski definition) is 1. The van der Waals surface area contributed by atoms with Gasteiger partial charge in [0.25, 0.3) is 5.91 Å². The van der Waals surface area contributed by atoms with Crippen molar-refractivity contribution in [2.45, 2.75) is 19.3 Å². The molecular formula is C19H21FN2O3S. The summed E-state index contributed by atoms with van der Waals surface area (Å²) in [7, 11) is -3.31. The first-order valence-electron chi connectivity index (χ1n) is 8.48. The maximum atomic E-state index is 12.9. The van der Waals surface area contributed by atoms with Gasteiger partial charge in [-0.2, -0.15) is 0 Å². The van der Waals surface area contributed by atoms with Gasteiger partial charge in [-0.1, -0.05) is 12.1 Å². The van der Waals surface area contributed by atoms with Crippen LogP contribution in [0, 0.1) is 5.82 Å². The molecule has 0 saturated carbocycles. The molecule has 2 aromatic carbocycles. The van der Waals surface area contributed by atoms with Crippen molar-refractivity contribution in [2.75, 3.05) is 23.7 Å². The first-order valence-corrected chi connectivity index (χ1v) is 10.3. The first kappa shape index (κ1) is 18.4. The van der Waals surface area contributed by atoms with Crippen LogP contribution in [0.4, 0.5) is 10.1 Å². The maximum Gasteiger partial charge on any atom is 0.251 e. The second-order valence-electron chi connectivity index (χ2n) is 6.41. The number of benzene rings is 2. The fourth-order valence-electron chi connectivity index (χ4n) is 3.12. The summed E-state index contributed by atoms with van der Waals surface area (Å²) in [6.07, 6.45) is 3.28. The third-order valence-corrected chi connectivity index (χ3v) is 5.61. The molecule has 0 spiro atoms. The van der Waals surface area contributed by atoms with E-state index in [4.69, 9.17) is 0 Å². The summed E-state index contributed by atoms with van der Waals surface area (Å²) in [5.41, 5.74) is 2.98. The lowest BCUT2D eigenvalue weighted by atomic mass is 10.0. The number of halogens is 1. The number of fused-ring (bicyclic) bond motifs is 1. The Bertz CT molecular complexity index is 911. The lowest BCUT2D eigenvalue weighted by Crippen LogP contribution is -2.34. The monoisotopic (exact) mass is 376 g/mol. The van der Waals surface area contributed by atoms with E-state index in [0.29, 0.717) is 30.8 Å². The fraction of sp³-hybridized carbons (Fsp3) is 0.316. The minimum Gasteiger partial charge on any atom is -0.352 e. The van der Waals surface area contributed by atoms with Crippen LogP contribution in [-0.2, 0) is 22.9 Å². The second kappa shape index (κ2) is 7.45. The van der Waals surface area contributed by atoms with Gasteiger partial charge in [0.1, 0.15) is 5.82 Å². The van der Waals surface area contributed by atoms with Gasteiger partial charge in [0.05, 0.1) is 11.9 Å². The molecule has 5 nitrogen and oxygen atoms in total. The lowest BCUT2D eigenvalue weighted by Gasteiger charge is -2.29. The van der Waals surface area contributed by atoms with Crippen LogP contribution < -0.4 is 9.62 Å². The summed E-state index contributed by atoms with van der Waals surface area (Å²) >= 11 is 0. The molecule has 2 aromatic rings. The van der Waals surface area contributed by atoms with Crippen LogP contribution in [-0.4, -0.2) is 33.7 Å². The predicted octanol–water partition coefficient (Wildman–Crippen LogP) is 2.51. The number of nitrogens with zero attached hydrogens (tertiary/aromatic N) is 1. The molecule has 138 valence electrons. The molecule has 0 saturated heterocycles. The molecule has 1 aliphatic heterocycles. The number of hydrogen-bond acceptors (Lipinski definition) is 3. The topological polar surface area (TPSA) is 66.5 Å². The normalized spacial score (nSPS) is 14.0. The highest BCUT2D eigenvalue weighted by Gasteiger charge is 2.24. The van der Waals surface area contributed by atoms with Crippen molar-refractivity contribution in [1.29, 1.82) is 0 Å². The number of nitrogens with one attached hydrogen (secondary N) is 1. The van der Waals surface area contributed by atoms with Gasteiger partial charge in [-0.05, 0) is 60.7 Å². The molecule has 3 rings (SSSR count). The molecule has 1 N–H and O–H groups in total. The van der Waals surface area contributed by atoms with Crippen LogP contribution >= 0.6 is 0 Å². The first-order chi connectivity index (χ1) is 12.3. The second-order valence-corrected chi connectivity index (χ2v) is 8.32. The largest absolute Gasteiger partial charge is 0.352 e. The van der Waals surface area contributed by atoms with Crippen LogP contribution in [0.2, 0.25) is 0 Å². The Hall–Kier alpha value is -2.41. The lowest BCUT2D eigenvalue weighted by molar-refractivity contribution is 0.0954. The van der Waals surface area contributed by atoms with Gasteiger partial charge < -0.3 is 5.32 Å². The number of rotatable bonds is 5. The van der Waals surface area contributed by atoms with Gasteiger partial charge in [0.15, 0.2) is 0 Å². The Balaban J connectivity index is 1.66. The quantitative estimate of drug-likeness (QED) is 0.872. The van der Waals surface area contributed by atoms with Crippen molar-refractivity contribution in [3.8, 4) is 0 Å². The van der Waals surface area contributed by atoms with Crippen LogP contribution in [0.5, 0.6) is 0 Å². The molecule has 0 unspecified atom stereocenters. The number of carbonyl (C=O) groups is 1. The summed E-state index contributed by atoms with van der Waals surface area (Å²) in [4.78, 5) is 12.4. The molecule has 26 heavy (non-hydrogen) atoms. The average Bonchev–Trinajstić information content (AvgIpc) is 2.61. The third kappa shape index (κ3) is 4.22. The number of carbonyl (C=O) groups excluding carboxylic acids is 1. The zero-order valence-corrected chi connectivity index (χ0v) is 15.4. The Labute approximate surface area is 152 Å². The molecule has 0 radical (unpaired) electrons. The Morgan fingerprint density at radius 1 is 1.19 bits per heavy atom. The van der Waals surface area contributed by atoms with Gasteiger partial charge in [-0.25, -0.2) is 12.8 Å². The SMILES string of the molecule is CS(=O)(=O)N1CCCc2cc(C(=O)NCCc3ccc(F)cc3)ccc21. The number of sulfonamides is 1. The van der Waals surface area contributed by atoms with E-state index < -0.39 is 10.0 Å². The third-order valence-electron chi connectivity index (χ3n) is 4.43. The van der Waals surface area contributed by atoms with Crippen molar-refractivity contribution in [1.82, 2.24) is 5.32 Å². The van der Waals surface area contributed by atoms with Crippen molar-refractivity contribution in [3.05, 3.63) is 65.0 Å². The van der Waals surface area contributed by atoms with E-state index in [1.165, 1.54) is 22.7 Å². The average molecular weight is 376 g/mol. The minimum absolute atomic E-state index is 0.202. The van der Waals surface area contributed by atoms with E-state index in [9.17, 15) is 17.6 Å². The van der Waals surface area contributed by atoms with Crippen molar-refractivity contribution in [3.63, 3.8) is 0 Å². The highest BCUT2D eigenvalue weighted by Crippen LogP contribution is 2.29. The summed E-state index contributed by atoms with van der Waals surface area (Å²) in [6, 6.07) is 11.3. The Morgan fingerprint density at radius 2 is 1.92 bits per heavy atom. The summed E-state index contributed by atoms with van der Waals surface area (Å²) in [6.45, 7) is 0.909. The van der Waals surface area contributed by atoms with E-state index in [-0.39, 0.29) is 11.7 Å². The molecule has 0 atom stereocenters. The maximum absolute atomic E-state index is 12.9. The fourth-order valence-corrected chi connectivity index (χ4v) is 4.12. The van der Waals surface area contributed by atoms with Crippen molar-refractivity contribution >= 4 is 21.6 Å². The van der Waals surface area contributed by atoms with Gasteiger partial charge in [0, 0.05) is 18.7 Å². The van der Waals surface area contributed by atoms with Gasteiger partial charge in [0.2, 0.25) is 10.0 Å². The van der Waals surface area contributed by atoms with Crippen LogP contribution in [0.1, 0.15) is 27.9 Å². The molecular weight excluding hydrogens is 355 g/mol. The standard InChI is InChI=1S/C19H21FN2O3S/c1-26(24,25)22-12-2-3-15-13-16(6-9-18(15)22)19(23)21-11-10-14-4-7-17(20)8-5-14/h4-9,13H,2-3,10-12H2,1H3,(H,21,23). The zero-order valence-electron chi connectivity index (χ0n) is 14.5. The van der Waals surface area contributed by atoms with Crippen molar-refractivity contribution < 1.29 is 17.6 Å². The minimum atomic E-state index is -3.31. The molecule has 1 amide bonds. The van der Waals surface area contributed by atoms with E-state index in [0.717, 1.165) is 24.0 Å². The molecule has 1 aliphatic rings. The summed E-state index contributed by atoms with van der Waals surface area (Å²) < 4.78 is 38.1. The van der Waals surface area contributed by atoms with Crippen LogP contribution in [0.25, 0.3) is 0 Å². The van der Waals surface area contributed by atoms with Crippen LogP contribution in [0.3, 0.4) is 0 Å². The highest BCUT2D eigenvalue weighted by molar-refractivity contribution is 7.92. The number of aryl methyl sites for hydroxylation is 1. The van der Waals surface area contributed by atoms with Crippen molar-refractivity contribution in [2.24, 2.45) is 0 Å². The van der Waals surface area contributed by atoms with E-state index >= 15 is 0 Å². The van der Waals surface area contributed by atoms with Gasteiger partial charge in [-0.3, -0.25) is 9.10 Å². The summed E-state index contributed by atoms with van der Waals surface area (Å²) in [5, 5.41) is 2.85. The van der Waals surface area contributed by atoms with E-state index in [1.54, 1.807) is 30.3 Å². The zero-order chi connectivity index (χ0) is 18.7. The molecule has 0 aliphatic carbocycles. The Kier molecular flexibility index (Phi) is 5.27.